The third kappa shape index (κ3) is 5.03. The first kappa shape index (κ1) is 18.4. The van der Waals surface area contributed by atoms with Crippen LogP contribution in [-0.2, 0) is 0 Å². The number of hydrogen-bond acceptors (Lipinski definition) is 4. The van der Waals surface area contributed by atoms with Gasteiger partial charge in [0.2, 0.25) is 0 Å². The lowest BCUT2D eigenvalue weighted by Gasteiger charge is -2.17. The van der Waals surface area contributed by atoms with Gasteiger partial charge in [0, 0.05) is 31.9 Å². The van der Waals surface area contributed by atoms with Crippen molar-refractivity contribution < 1.29 is 9.47 Å². The highest BCUT2D eigenvalue weighted by atomic mass is 16.5. The molecule has 1 aliphatic rings. The van der Waals surface area contributed by atoms with Crippen LogP contribution in [0.25, 0.3) is 0 Å². The Morgan fingerprint density at radius 3 is 2.79 bits per heavy atom. The number of nitrogens with zero attached hydrogens (tertiary/aromatic N) is 2. The Labute approximate surface area is 145 Å². The minimum Gasteiger partial charge on any atom is -0.493 e. The lowest BCUT2D eigenvalue weighted by atomic mass is 10.1. The monoisotopic (exact) mass is 334 g/mol. The van der Waals surface area contributed by atoms with Crippen LogP contribution in [0, 0.1) is 5.92 Å². The molecule has 0 amide bonds. The molecule has 0 spiro atoms. The van der Waals surface area contributed by atoms with Crippen molar-refractivity contribution in [3.8, 4) is 11.5 Å². The van der Waals surface area contributed by atoms with Crippen LogP contribution in [0.1, 0.15) is 20.3 Å². The second kappa shape index (κ2) is 9.37. The Bertz CT molecular complexity index is 548. The topological polar surface area (TPSA) is 58.1 Å². The quantitative estimate of drug-likeness (QED) is 0.592. The van der Waals surface area contributed by atoms with Crippen LogP contribution < -0.4 is 20.1 Å². The highest BCUT2D eigenvalue weighted by molar-refractivity contribution is 5.93. The number of nitrogens with one attached hydrogen (secondary N) is 2. The fourth-order valence-electron chi connectivity index (χ4n) is 2.94. The first-order chi connectivity index (χ1) is 11.7. The summed E-state index contributed by atoms with van der Waals surface area (Å²) in [7, 11) is 3.43. The first-order valence-corrected chi connectivity index (χ1v) is 8.71. The van der Waals surface area contributed by atoms with Crippen LogP contribution in [0.2, 0.25) is 0 Å². The van der Waals surface area contributed by atoms with Crippen molar-refractivity contribution >= 4 is 11.6 Å². The van der Waals surface area contributed by atoms with Gasteiger partial charge in [0.05, 0.1) is 13.7 Å². The minimum absolute atomic E-state index is 0.614. The first-order valence-electron chi connectivity index (χ1n) is 8.71. The van der Waals surface area contributed by atoms with Gasteiger partial charge < -0.3 is 25.0 Å². The molecular weight excluding hydrogens is 304 g/mol. The minimum atomic E-state index is 0.614. The molecule has 2 rings (SSSR count). The summed E-state index contributed by atoms with van der Waals surface area (Å²) < 4.78 is 10.9. The molecule has 1 heterocycles. The molecule has 0 saturated carbocycles. The molecule has 1 fully saturated rings. The lowest BCUT2D eigenvalue weighted by molar-refractivity contribution is 0.311. The highest BCUT2D eigenvalue weighted by Crippen LogP contribution is 2.30. The van der Waals surface area contributed by atoms with Gasteiger partial charge in [-0.25, -0.2) is 0 Å². The molecule has 1 aromatic rings. The van der Waals surface area contributed by atoms with Crippen LogP contribution in [0.15, 0.2) is 23.2 Å². The SMILES string of the molecule is CCOc1ccc(NC(=NC)NCC2CCN(CC)C2)cc1OC. The van der Waals surface area contributed by atoms with Crippen molar-refractivity contribution in [3.63, 3.8) is 0 Å². The summed E-state index contributed by atoms with van der Waals surface area (Å²) >= 11 is 0. The highest BCUT2D eigenvalue weighted by Gasteiger charge is 2.21. The second-order valence-corrected chi connectivity index (χ2v) is 5.92. The average molecular weight is 334 g/mol. The van der Waals surface area contributed by atoms with E-state index in [0.717, 1.165) is 37.0 Å². The maximum absolute atomic E-state index is 5.55. The van der Waals surface area contributed by atoms with Crippen LogP contribution in [-0.4, -0.2) is 57.8 Å². The van der Waals surface area contributed by atoms with E-state index >= 15 is 0 Å². The molecule has 1 atom stereocenters. The van der Waals surface area contributed by atoms with Crippen molar-refractivity contribution in [1.29, 1.82) is 0 Å². The molecule has 0 aromatic heterocycles. The molecule has 6 nitrogen and oxygen atoms in total. The fraction of sp³-hybridized carbons (Fsp3) is 0.611. The molecule has 0 aliphatic carbocycles. The van der Waals surface area contributed by atoms with Crippen LogP contribution in [0.4, 0.5) is 5.69 Å². The smallest absolute Gasteiger partial charge is 0.195 e. The van der Waals surface area contributed by atoms with Gasteiger partial charge in [-0.05, 0) is 44.5 Å². The van der Waals surface area contributed by atoms with E-state index in [1.54, 1.807) is 14.2 Å². The molecular formula is C18H30N4O2. The molecule has 134 valence electrons. The number of rotatable bonds is 7. The molecule has 0 radical (unpaired) electrons. The largest absolute Gasteiger partial charge is 0.493 e. The fourth-order valence-corrected chi connectivity index (χ4v) is 2.94. The van der Waals surface area contributed by atoms with E-state index in [1.807, 2.05) is 25.1 Å². The molecule has 1 aliphatic heterocycles. The van der Waals surface area contributed by atoms with Gasteiger partial charge in [-0.2, -0.15) is 0 Å². The summed E-state index contributed by atoms with van der Waals surface area (Å²) in [4.78, 5) is 6.79. The summed E-state index contributed by atoms with van der Waals surface area (Å²) in [6.45, 7) is 9.22. The van der Waals surface area contributed by atoms with Crippen molar-refractivity contribution in [1.82, 2.24) is 10.2 Å². The molecule has 1 aromatic carbocycles. The van der Waals surface area contributed by atoms with Gasteiger partial charge in [-0.3, -0.25) is 4.99 Å². The molecule has 6 heteroatoms. The maximum Gasteiger partial charge on any atom is 0.195 e. The predicted octanol–water partition coefficient (Wildman–Crippen LogP) is 2.42. The number of ether oxygens (including phenoxy) is 2. The number of hydrogen-bond donors (Lipinski definition) is 2. The van der Waals surface area contributed by atoms with Crippen LogP contribution in [0.5, 0.6) is 11.5 Å². The summed E-state index contributed by atoms with van der Waals surface area (Å²) in [5.41, 5.74) is 0.921. The van der Waals surface area contributed by atoms with Gasteiger partial charge in [-0.1, -0.05) is 6.92 Å². The Hall–Kier alpha value is -1.95. The van der Waals surface area contributed by atoms with Gasteiger partial charge in [0.25, 0.3) is 0 Å². The van der Waals surface area contributed by atoms with Gasteiger partial charge in [0.15, 0.2) is 17.5 Å². The van der Waals surface area contributed by atoms with E-state index in [2.05, 4.69) is 27.4 Å². The van der Waals surface area contributed by atoms with Gasteiger partial charge in [0.1, 0.15) is 0 Å². The van der Waals surface area contributed by atoms with E-state index in [1.165, 1.54) is 13.0 Å². The van der Waals surface area contributed by atoms with E-state index in [-0.39, 0.29) is 0 Å². The molecule has 1 saturated heterocycles. The number of guanidine groups is 1. The Balaban J connectivity index is 1.90. The van der Waals surface area contributed by atoms with Crippen LogP contribution >= 0.6 is 0 Å². The zero-order chi connectivity index (χ0) is 17.4. The zero-order valence-corrected chi connectivity index (χ0v) is 15.3. The summed E-state index contributed by atoms with van der Waals surface area (Å²) in [6, 6.07) is 5.80. The number of likely N-dealkylation sites (tertiary alicyclic amines) is 1. The number of anilines is 1. The normalized spacial score (nSPS) is 18.5. The van der Waals surface area contributed by atoms with E-state index in [4.69, 9.17) is 9.47 Å². The summed E-state index contributed by atoms with van der Waals surface area (Å²) in [5, 5.41) is 6.73. The third-order valence-corrected chi connectivity index (χ3v) is 4.33. The average Bonchev–Trinajstić information content (AvgIpc) is 3.08. The van der Waals surface area contributed by atoms with Gasteiger partial charge in [-0.15, -0.1) is 0 Å². The number of aliphatic imine (C=N–C) groups is 1. The summed E-state index contributed by atoms with van der Waals surface area (Å²) in [6.07, 6.45) is 1.24. The van der Waals surface area contributed by atoms with Crippen molar-refractivity contribution in [2.24, 2.45) is 10.9 Å². The van der Waals surface area contributed by atoms with Crippen LogP contribution in [0.3, 0.4) is 0 Å². The van der Waals surface area contributed by atoms with Crippen molar-refractivity contribution in [2.75, 3.05) is 52.3 Å². The predicted molar refractivity (Wildman–Crippen MR) is 99.4 cm³/mol. The molecule has 2 N–H and O–H groups in total. The standard InChI is InChI=1S/C18H30N4O2/c1-5-22-10-9-14(13-22)12-20-18(19-3)21-15-7-8-16(24-6-2)17(11-15)23-4/h7-8,11,14H,5-6,9-10,12-13H2,1-4H3,(H2,19,20,21). The van der Waals surface area contributed by atoms with E-state index in [9.17, 15) is 0 Å². The van der Waals surface area contributed by atoms with Crippen molar-refractivity contribution in [3.05, 3.63) is 18.2 Å². The zero-order valence-electron chi connectivity index (χ0n) is 15.3. The Morgan fingerprint density at radius 2 is 2.17 bits per heavy atom. The second-order valence-electron chi connectivity index (χ2n) is 5.92. The third-order valence-electron chi connectivity index (χ3n) is 4.33. The van der Waals surface area contributed by atoms with Crippen molar-refractivity contribution in [2.45, 2.75) is 20.3 Å². The summed E-state index contributed by atoms with van der Waals surface area (Å²) in [5.74, 6) is 2.92. The molecule has 0 bridgehead atoms. The molecule has 24 heavy (non-hydrogen) atoms. The van der Waals surface area contributed by atoms with E-state index in [0.29, 0.717) is 18.3 Å². The molecule has 1 unspecified atom stereocenters. The Kier molecular flexibility index (Phi) is 7.18. The van der Waals surface area contributed by atoms with E-state index < -0.39 is 0 Å². The maximum atomic E-state index is 5.55. The van der Waals surface area contributed by atoms with Gasteiger partial charge >= 0.3 is 0 Å². The lowest BCUT2D eigenvalue weighted by Crippen LogP contribution is -2.35. The Morgan fingerprint density at radius 1 is 1.33 bits per heavy atom. The number of methoxy groups -OCH3 is 1. The number of benzene rings is 1.